The molecule has 1 aromatic heterocycles. The largest absolute Gasteiger partial charge is 0.351 e. The summed E-state index contributed by atoms with van der Waals surface area (Å²) in [5, 5.41) is 5.72. The second-order valence-corrected chi connectivity index (χ2v) is 4.92. The molecule has 106 valence electrons. The fourth-order valence-corrected chi connectivity index (χ4v) is 2.47. The van der Waals surface area contributed by atoms with Crippen LogP contribution in [-0.4, -0.2) is 29.9 Å². The van der Waals surface area contributed by atoms with Crippen LogP contribution in [0.2, 0.25) is 0 Å². The van der Waals surface area contributed by atoms with E-state index in [9.17, 15) is 9.59 Å². The third kappa shape index (κ3) is 2.76. The summed E-state index contributed by atoms with van der Waals surface area (Å²) >= 11 is 0. The molecule has 2 heterocycles. The number of aromatic nitrogens is 1. The lowest BCUT2D eigenvalue weighted by molar-refractivity contribution is 0.0934. The first kappa shape index (κ1) is 13.3. The van der Waals surface area contributed by atoms with Gasteiger partial charge in [-0.25, -0.2) is 0 Å². The summed E-state index contributed by atoms with van der Waals surface area (Å²) in [5.74, 6) is -0.186. The van der Waals surface area contributed by atoms with Crippen LogP contribution in [0.3, 0.4) is 0 Å². The lowest BCUT2D eigenvalue weighted by Crippen LogP contribution is -2.40. The van der Waals surface area contributed by atoms with Crippen molar-refractivity contribution in [1.82, 2.24) is 15.6 Å². The molecule has 0 bridgehead atoms. The number of pyridine rings is 1. The fraction of sp³-hybridized carbons (Fsp3) is 0.188. The van der Waals surface area contributed by atoms with Crippen molar-refractivity contribution >= 4 is 11.8 Å². The maximum atomic E-state index is 12.0. The number of amides is 2. The van der Waals surface area contributed by atoms with Crippen molar-refractivity contribution in [2.75, 3.05) is 13.1 Å². The average molecular weight is 281 g/mol. The average Bonchev–Trinajstić information content (AvgIpc) is 2.55. The highest BCUT2D eigenvalue weighted by Crippen LogP contribution is 2.23. The van der Waals surface area contributed by atoms with E-state index in [1.54, 1.807) is 30.5 Å². The maximum Gasteiger partial charge on any atom is 0.269 e. The van der Waals surface area contributed by atoms with Crippen LogP contribution < -0.4 is 10.6 Å². The zero-order valence-corrected chi connectivity index (χ0v) is 11.4. The third-order valence-corrected chi connectivity index (χ3v) is 3.56. The highest BCUT2D eigenvalue weighted by atomic mass is 16.2. The zero-order valence-electron chi connectivity index (χ0n) is 11.4. The van der Waals surface area contributed by atoms with E-state index in [-0.39, 0.29) is 17.7 Å². The minimum atomic E-state index is -0.204. The number of nitrogens with one attached hydrogen (secondary N) is 2. The molecular weight excluding hydrogens is 266 g/mol. The number of fused-ring (bicyclic) bond motifs is 1. The normalized spacial score (nSPS) is 16.8. The smallest absolute Gasteiger partial charge is 0.269 e. The van der Waals surface area contributed by atoms with Gasteiger partial charge in [0.2, 0.25) is 0 Å². The van der Waals surface area contributed by atoms with Crippen molar-refractivity contribution in [3.05, 3.63) is 65.5 Å². The van der Waals surface area contributed by atoms with Crippen molar-refractivity contribution in [3.63, 3.8) is 0 Å². The van der Waals surface area contributed by atoms with E-state index < -0.39 is 0 Å². The molecule has 0 radical (unpaired) electrons. The highest BCUT2D eigenvalue weighted by Gasteiger charge is 2.25. The van der Waals surface area contributed by atoms with Gasteiger partial charge in [0.25, 0.3) is 11.8 Å². The SMILES string of the molecule is O=C(NCC1CNC(=O)c2ccccc21)c1ccccn1. The minimum absolute atomic E-state index is 0.0575. The van der Waals surface area contributed by atoms with E-state index in [4.69, 9.17) is 0 Å². The zero-order chi connectivity index (χ0) is 14.7. The third-order valence-electron chi connectivity index (χ3n) is 3.56. The summed E-state index contributed by atoms with van der Waals surface area (Å²) in [6.07, 6.45) is 1.59. The summed E-state index contributed by atoms with van der Waals surface area (Å²) in [4.78, 5) is 27.8. The van der Waals surface area contributed by atoms with Crippen LogP contribution in [0.25, 0.3) is 0 Å². The molecule has 0 fully saturated rings. The summed E-state index contributed by atoms with van der Waals surface area (Å²) in [5.41, 5.74) is 2.05. The maximum absolute atomic E-state index is 12.0. The molecule has 1 aliphatic heterocycles. The van der Waals surface area contributed by atoms with Crippen LogP contribution >= 0.6 is 0 Å². The van der Waals surface area contributed by atoms with Crippen molar-refractivity contribution < 1.29 is 9.59 Å². The summed E-state index contributed by atoms with van der Waals surface area (Å²) in [6, 6.07) is 12.7. The standard InChI is InChI=1S/C16H15N3O2/c20-15-13-6-2-1-5-12(13)11(9-18-15)10-19-16(21)14-7-3-4-8-17-14/h1-8,11H,9-10H2,(H,18,20)(H,19,21). The highest BCUT2D eigenvalue weighted by molar-refractivity contribution is 5.97. The quantitative estimate of drug-likeness (QED) is 0.892. The molecule has 2 amide bonds. The van der Waals surface area contributed by atoms with Crippen LogP contribution in [0.1, 0.15) is 32.3 Å². The Hall–Kier alpha value is -2.69. The van der Waals surface area contributed by atoms with E-state index in [1.165, 1.54) is 0 Å². The monoisotopic (exact) mass is 281 g/mol. The van der Waals surface area contributed by atoms with Gasteiger partial charge >= 0.3 is 0 Å². The predicted molar refractivity (Wildman–Crippen MR) is 78.1 cm³/mol. The van der Waals surface area contributed by atoms with Gasteiger partial charge in [-0.2, -0.15) is 0 Å². The molecule has 1 atom stereocenters. The molecule has 21 heavy (non-hydrogen) atoms. The van der Waals surface area contributed by atoms with Crippen molar-refractivity contribution in [2.45, 2.75) is 5.92 Å². The van der Waals surface area contributed by atoms with Crippen LogP contribution in [0.15, 0.2) is 48.7 Å². The Labute approximate surface area is 122 Å². The van der Waals surface area contributed by atoms with Gasteiger partial charge in [-0.05, 0) is 23.8 Å². The van der Waals surface area contributed by atoms with Gasteiger partial charge < -0.3 is 10.6 Å². The summed E-state index contributed by atoms with van der Waals surface area (Å²) < 4.78 is 0. The summed E-state index contributed by atoms with van der Waals surface area (Å²) in [6.45, 7) is 0.991. The van der Waals surface area contributed by atoms with E-state index in [0.29, 0.717) is 24.3 Å². The number of hydrogen-bond acceptors (Lipinski definition) is 3. The van der Waals surface area contributed by atoms with Crippen LogP contribution in [0.5, 0.6) is 0 Å². The molecule has 1 aromatic carbocycles. The number of nitrogens with zero attached hydrogens (tertiary/aromatic N) is 1. The molecule has 0 aliphatic carbocycles. The Morgan fingerprint density at radius 3 is 2.86 bits per heavy atom. The van der Waals surface area contributed by atoms with E-state index >= 15 is 0 Å². The molecule has 2 N–H and O–H groups in total. The number of rotatable bonds is 3. The van der Waals surface area contributed by atoms with Crippen molar-refractivity contribution in [1.29, 1.82) is 0 Å². The van der Waals surface area contributed by atoms with Crippen LogP contribution in [-0.2, 0) is 0 Å². The number of hydrogen-bond donors (Lipinski definition) is 2. The van der Waals surface area contributed by atoms with Gasteiger partial charge in [0, 0.05) is 30.8 Å². The van der Waals surface area contributed by atoms with Gasteiger partial charge in [-0.3, -0.25) is 14.6 Å². The molecule has 0 saturated carbocycles. The van der Waals surface area contributed by atoms with Gasteiger partial charge in [-0.15, -0.1) is 0 Å². The van der Waals surface area contributed by atoms with Crippen LogP contribution in [0.4, 0.5) is 0 Å². The molecule has 0 spiro atoms. The van der Waals surface area contributed by atoms with E-state index in [2.05, 4.69) is 15.6 Å². The Morgan fingerprint density at radius 1 is 1.24 bits per heavy atom. The first-order valence-electron chi connectivity index (χ1n) is 6.82. The Balaban J connectivity index is 1.71. The lowest BCUT2D eigenvalue weighted by Gasteiger charge is -2.25. The molecule has 5 heteroatoms. The van der Waals surface area contributed by atoms with Crippen molar-refractivity contribution in [3.8, 4) is 0 Å². The van der Waals surface area contributed by atoms with Gasteiger partial charge in [0.05, 0.1) is 0 Å². The first-order valence-corrected chi connectivity index (χ1v) is 6.82. The number of carbonyl (C=O) groups is 2. The fourth-order valence-electron chi connectivity index (χ4n) is 2.47. The minimum Gasteiger partial charge on any atom is -0.351 e. The molecular formula is C16H15N3O2. The Kier molecular flexibility index (Phi) is 3.64. The molecule has 2 aromatic rings. The van der Waals surface area contributed by atoms with E-state index in [1.807, 2.05) is 18.2 Å². The molecule has 1 aliphatic rings. The molecule has 0 saturated heterocycles. The van der Waals surface area contributed by atoms with Crippen LogP contribution in [0, 0.1) is 0 Å². The topological polar surface area (TPSA) is 71.1 Å². The Bertz CT molecular complexity index is 670. The molecule has 3 rings (SSSR count). The van der Waals surface area contributed by atoms with Gasteiger partial charge in [0.15, 0.2) is 0 Å². The van der Waals surface area contributed by atoms with E-state index in [0.717, 1.165) is 5.56 Å². The second-order valence-electron chi connectivity index (χ2n) is 4.92. The lowest BCUT2D eigenvalue weighted by atomic mass is 9.90. The predicted octanol–water partition coefficient (Wildman–Crippen LogP) is 1.34. The van der Waals surface area contributed by atoms with Gasteiger partial charge in [0.1, 0.15) is 5.69 Å². The van der Waals surface area contributed by atoms with Gasteiger partial charge in [-0.1, -0.05) is 24.3 Å². The molecule has 1 unspecified atom stereocenters. The number of carbonyl (C=O) groups excluding carboxylic acids is 2. The first-order chi connectivity index (χ1) is 10.3. The summed E-state index contributed by atoms with van der Waals surface area (Å²) in [7, 11) is 0. The number of benzene rings is 1. The van der Waals surface area contributed by atoms with Crippen molar-refractivity contribution in [2.24, 2.45) is 0 Å². The molecule has 5 nitrogen and oxygen atoms in total. The second kappa shape index (κ2) is 5.75. The Morgan fingerprint density at radius 2 is 2.05 bits per heavy atom.